The number of aromatic nitrogens is 1. The van der Waals surface area contributed by atoms with Gasteiger partial charge in [0.25, 0.3) is 0 Å². The number of hydrogen-bond donors (Lipinski definition) is 1. The van der Waals surface area contributed by atoms with E-state index in [-0.39, 0.29) is 16.5 Å². The van der Waals surface area contributed by atoms with Crippen LogP contribution in [0.5, 0.6) is 0 Å². The van der Waals surface area contributed by atoms with E-state index >= 15 is 0 Å². The van der Waals surface area contributed by atoms with Crippen molar-refractivity contribution in [1.82, 2.24) is 9.71 Å². The predicted molar refractivity (Wildman–Crippen MR) is 79.5 cm³/mol. The van der Waals surface area contributed by atoms with Crippen molar-refractivity contribution >= 4 is 33.2 Å². The zero-order chi connectivity index (χ0) is 14.8. The van der Waals surface area contributed by atoms with E-state index in [1.165, 1.54) is 12.1 Å². The first-order valence-corrected chi connectivity index (χ1v) is 7.99. The molecule has 0 spiro atoms. The molecule has 0 bridgehead atoms. The Balaban J connectivity index is 2.25. The standard InChI is InChI=1S/C13H12Cl2N2O2S/c1-9-6-11(14)12(15)7-13(9)20(18,19)17-8-10-4-2-3-5-16-10/h2-7,17H,8H2,1H3. The third-order valence-electron chi connectivity index (χ3n) is 2.68. The second kappa shape index (κ2) is 6.10. The van der Waals surface area contributed by atoms with Crippen molar-refractivity contribution in [3.63, 3.8) is 0 Å². The lowest BCUT2D eigenvalue weighted by Crippen LogP contribution is -2.24. The van der Waals surface area contributed by atoms with Crippen LogP contribution in [0.4, 0.5) is 0 Å². The van der Waals surface area contributed by atoms with Gasteiger partial charge in [0.15, 0.2) is 0 Å². The lowest BCUT2D eigenvalue weighted by atomic mass is 10.2. The maximum absolute atomic E-state index is 12.2. The molecule has 0 saturated carbocycles. The van der Waals surface area contributed by atoms with Crippen LogP contribution >= 0.6 is 23.2 Å². The number of hydrogen-bond acceptors (Lipinski definition) is 3. The molecule has 0 fully saturated rings. The minimum Gasteiger partial charge on any atom is -0.260 e. The lowest BCUT2D eigenvalue weighted by molar-refractivity contribution is 0.580. The molecule has 1 aromatic carbocycles. The van der Waals surface area contributed by atoms with E-state index in [2.05, 4.69) is 9.71 Å². The highest BCUT2D eigenvalue weighted by Gasteiger charge is 2.18. The topological polar surface area (TPSA) is 59.1 Å². The fourth-order valence-electron chi connectivity index (χ4n) is 1.67. The van der Waals surface area contributed by atoms with Gasteiger partial charge in [0.05, 0.1) is 27.2 Å². The van der Waals surface area contributed by atoms with Crippen LogP contribution in [0.15, 0.2) is 41.4 Å². The van der Waals surface area contributed by atoms with Crippen molar-refractivity contribution in [3.8, 4) is 0 Å². The van der Waals surface area contributed by atoms with Gasteiger partial charge in [-0.05, 0) is 36.8 Å². The summed E-state index contributed by atoms with van der Waals surface area (Å²) in [6.45, 7) is 1.78. The summed E-state index contributed by atoms with van der Waals surface area (Å²) >= 11 is 11.7. The molecule has 1 heterocycles. The first-order chi connectivity index (χ1) is 9.40. The highest BCUT2D eigenvalue weighted by atomic mass is 35.5. The number of sulfonamides is 1. The van der Waals surface area contributed by atoms with E-state index in [0.717, 1.165) is 0 Å². The fraction of sp³-hybridized carbons (Fsp3) is 0.154. The van der Waals surface area contributed by atoms with Gasteiger partial charge < -0.3 is 0 Å². The van der Waals surface area contributed by atoms with Crippen LogP contribution in [0, 0.1) is 6.92 Å². The Bertz CT molecular complexity index is 719. The van der Waals surface area contributed by atoms with Gasteiger partial charge in [-0.2, -0.15) is 0 Å². The molecule has 0 aliphatic carbocycles. The molecule has 2 rings (SSSR count). The molecule has 2 aromatic rings. The molecule has 0 amide bonds. The molecule has 7 heteroatoms. The number of nitrogens with zero attached hydrogens (tertiary/aromatic N) is 1. The minimum absolute atomic E-state index is 0.114. The van der Waals surface area contributed by atoms with E-state index < -0.39 is 10.0 Å². The van der Waals surface area contributed by atoms with Crippen molar-refractivity contribution in [2.75, 3.05) is 0 Å². The Morgan fingerprint density at radius 2 is 1.90 bits per heavy atom. The quantitative estimate of drug-likeness (QED) is 0.936. The van der Waals surface area contributed by atoms with E-state index in [1.807, 2.05) is 0 Å². The monoisotopic (exact) mass is 330 g/mol. The Morgan fingerprint density at radius 3 is 2.55 bits per heavy atom. The van der Waals surface area contributed by atoms with Crippen LogP contribution < -0.4 is 4.72 Å². The molecule has 0 unspecified atom stereocenters. The summed E-state index contributed by atoms with van der Waals surface area (Å²) < 4.78 is 27.0. The summed E-state index contributed by atoms with van der Waals surface area (Å²) in [5.74, 6) is 0. The summed E-state index contributed by atoms with van der Waals surface area (Å²) in [7, 11) is -3.66. The van der Waals surface area contributed by atoms with Gasteiger partial charge in [0, 0.05) is 6.20 Å². The molecule has 0 aliphatic heterocycles. The van der Waals surface area contributed by atoms with E-state index in [4.69, 9.17) is 23.2 Å². The fourth-order valence-corrected chi connectivity index (χ4v) is 3.36. The Morgan fingerprint density at radius 1 is 1.20 bits per heavy atom. The third-order valence-corrected chi connectivity index (χ3v) is 4.94. The van der Waals surface area contributed by atoms with Gasteiger partial charge >= 0.3 is 0 Å². The maximum atomic E-state index is 12.2. The summed E-state index contributed by atoms with van der Waals surface area (Å²) in [5.41, 5.74) is 1.17. The number of halogens is 2. The number of nitrogens with one attached hydrogen (secondary N) is 1. The van der Waals surface area contributed by atoms with Crippen molar-refractivity contribution in [1.29, 1.82) is 0 Å². The number of pyridine rings is 1. The van der Waals surface area contributed by atoms with Crippen LogP contribution in [0.1, 0.15) is 11.3 Å². The molecule has 20 heavy (non-hydrogen) atoms. The second-order valence-electron chi connectivity index (χ2n) is 4.18. The number of aryl methyl sites for hydroxylation is 1. The van der Waals surface area contributed by atoms with Gasteiger partial charge in [-0.15, -0.1) is 0 Å². The molecule has 1 N–H and O–H groups in total. The summed E-state index contributed by atoms with van der Waals surface area (Å²) in [4.78, 5) is 4.17. The highest BCUT2D eigenvalue weighted by Crippen LogP contribution is 2.28. The molecular weight excluding hydrogens is 319 g/mol. The Hall–Kier alpha value is -1.14. The van der Waals surface area contributed by atoms with Gasteiger partial charge in [0.1, 0.15) is 0 Å². The number of rotatable bonds is 4. The van der Waals surface area contributed by atoms with Crippen LogP contribution in [-0.4, -0.2) is 13.4 Å². The molecule has 0 radical (unpaired) electrons. The molecule has 106 valence electrons. The van der Waals surface area contributed by atoms with E-state index in [1.54, 1.807) is 31.3 Å². The molecule has 4 nitrogen and oxygen atoms in total. The van der Waals surface area contributed by atoms with Crippen molar-refractivity contribution in [3.05, 3.63) is 57.8 Å². The van der Waals surface area contributed by atoms with Gasteiger partial charge in [-0.1, -0.05) is 29.3 Å². The first-order valence-electron chi connectivity index (χ1n) is 5.75. The average Bonchev–Trinajstić information content (AvgIpc) is 2.42. The lowest BCUT2D eigenvalue weighted by Gasteiger charge is -2.10. The SMILES string of the molecule is Cc1cc(Cl)c(Cl)cc1S(=O)(=O)NCc1ccccn1. The maximum Gasteiger partial charge on any atom is 0.241 e. The van der Waals surface area contributed by atoms with E-state index in [0.29, 0.717) is 16.3 Å². The number of benzene rings is 1. The van der Waals surface area contributed by atoms with E-state index in [9.17, 15) is 8.42 Å². The van der Waals surface area contributed by atoms with Crippen molar-refractivity contribution < 1.29 is 8.42 Å². The third kappa shape index (κ3) is 3.49. The van der Waals surface area contributed by atoms with Crippen LogP contribution in [0.3, 0.4) is 0 Å². The Labute approximate surface area is 127 Å². The highest BCUT2D eigenvalue weighted by molar-refractivity contribution is 7.89. The molecule has 1 aromatic heterocycles. The molecule has 0 atom stereocenters. The summed E-state index contributed by atoms with van der Waals surface area (Å²) in [5, 5.41) is 0.531. The smallest absolute Gasteiger partial charge is 0.241 e. The predicted octanol–water partition coefficient (Wildman–Crippen LogP) is 3.18. The second-order valence-corrected chi connectivity index (χ2v) is 6.73. The van der Waals surface area contributed by atoms with Gasteiger partial charge in [-0.25, -0.2) is 13.1 Å². The Kier molecular flexibility index (Phi) is 4.65. The average molecular weight is 331 g/mol. The molecule has 0 aliphatic rings. The molecular formula is C13H12Cl2N2O2S. The van der Waals surface area contributed by atoms with Crippen LogP contribution in [-0.2, 0) is 16.6 Å². The van der Waals surface area contributed by atoms with Crippen LogP contribution in [0.2, 0.25) is 10.0 Å². The summed E-state index contributed by atoms with van der Waals surface area (Å²) in [6.07, 6.45) is 1.61. The van der Waals surface area contributed by atoms with Crippen molar-refractivity contribution in [2.24, 2.45) is 0 Å². The van der Waals surface area contributed by atoms with Crippen molar-refractivity contribution in [2.45, 2.75) is 18.4 Å². The zero-order valence-electron chi connectivity index (χ0n) is 10.6. The van der Waals surface area contributed by atoms with Crippen LogP contribution in [0.25, 0.3) is 0 Å². The zero-order valence-corrected chi connectivity index (χ0v) is 12.9. The minimum atomic E-state index is -3.66. The summed E-state index contributed by atoms with van der Waals surface area (Å²) in [6, 6.07) is 8.17. The van der Waals surface area contributed by atoms with Gasteiger partial charge in [0.2, 0.25) is 10.0 Å². The normalized spacial score (nSPS) is 11.6. The molecule has 0 saturated heterocycles. The largest absolute Gasteiger partial charge is 0.260 e. The first kappa shape index (κ1) is 15.3. The van der Waals surface area contributed by atoms with Gasteiger partial charge in [-0.3, -0.25) is 4.98 Å².